The normalized spacial score (nSPS) is 9.79. The first kappa shape index (κ1) is 30.3. The summed E-state index contributed by atoms with van der Waals surface area (Å²) in [5.74, 6) is 0. The van der Waals surface area contributed by atoms with E-state index in [1.165, 1.54) is 22.4 Å². The van der Waals surface area contributed by atoms with Crippen molar-refractivity contribution in [3.8, 4) is 0 Å². The van der Waals surface area contributed by atoms with E-state index >= 15 is 0 Å². The fourth-order valence-corrected chi connectivity index (χ4v) is 2.56. The van der Waals surface area contributed by atoms with Crippen LogP contribution in [0.4, 0.5) is 5.69 Å². The summed E-state index contributed by atoms with van der Waals surface area (Å²) in [5, 5.41) is 0. The second-order valence-electron chi connectivity index (χ2n) is 7.17. The first-order valence-corrected chi connectivity index (χ1v) is 12.0. The van der Waals surface area contributed by atoms with Crippen LogP contribution in [0.15, 0.2) is 84.9 Å². The molecular weight excluding hydrogens is 438 g/mol. The lowest BCUT2D eigenvalue weighted by Crippen LogP contribution is -2.26. The summed E-state index contributed by atoms with van der Waals surface area (Å²) in [6.07, 6.45) is 0. The van der Waals surface area contributed by atoms with Gasteiger partial charge in [-0.1, -0.05) is 83.9 Å². The van der Waals surface area contributed by atoms with Gasteiger partial charge >= 0.3 is 10.4 Å². The van der Waals surface area contributed by atoms with Gasteiger partial charge in [0.2, 0.25) is 0 Å². The van der Waals surface area contributed by atoms with Gasteiger partial charge in [0.25, 0.3) is 0 Å². The van der Waals surface area contributed by atoms with E-state index in [1.807, 2.05) is 36.4 Å². The molecule has 7 heteroatoms. The number of aryl methyl sites for hydroxylation is 3. The molecule has 0 saturated heterocycles. The monoisotopic (exact) mass is 475 g/mol. The van der Waals surface area contributed by atoms with E-state index in [2.05, 4.69) is 81.1 Å². The van der Waals surface area contributed by atoms with Crippen molar-refractivity contribution in [2.24, 2.45) is 0 Å². The molecule has 0 spiro atoms. The largest absolute Gasteiger partial charge is 0.394 e. The molecule has 0 bridgehead atoms. The van der Waals surface area contributed by atoms with Gasteiger partial charge in [-0.25, -0.2) is 0 Å². The average molecular weight is 476 g/mol. The van der Waals surface area contributed by atoms with Gasteiger partial charge in [0.1, 0.15) is 0 Å². The van der Waals surface area contributed by atoms with Crippen LogP contribution in [0.1, 0.15) is 23.6 Å². The highest BCUT2D eigenvalue weighted by molar-refractivity contribution is 7.79. The molecule has 0 heterocycles. The summed E-state index contributed by atoms with van der Waals surface area (Å²) in [6.45, 7) is 11.2. The zero-order chi connectivity index (χ0) is 25.1. The number of benzene rings is 3. The maximum atomic E-state index is 8.74. The highest BCUT2D eigenvalue weighted by Crippen LogP contribution is 2.15. The standard InChI is InChI=1S/C12H19NO.2C7H8.H2O4S/c1-4-13(8-9-14-3)12-7-5-6-11(2)10-12;2*1-7-5-3-2-4-6-7;1-5(2,3)4/h5-7,10H,4,8-9H2,1-3H3;2*2-6H,1H3;(H2,1,2,3,4). The van der Waals surface area contributed by atoms with E-state index in [4.69, 9.17) is 22.3 Å². The highest BCUT2D eigenvalue weighted by atomic mass is 32.3. The minimum Gasteiger partial charge on any atom is -0.383 e. The van der Waals surface area contributed by atoms with Gasteiger partial charge in [0.15, 0.2) is 0 Å². The lowest BCUT2D eigenvalue weighted by Gasteiger charge is -2.22. The number of methoxy groups -OCH3 is 1. The molecule has 182 valence electrons. The first-order valence-electron chi connectivity index (χ1n) is 10.6. The maximum Gasteiger partial charge on any atom is 0.394 e. The molecule has 33 heavy (non-hydrogen) atoms. The second kappa shape index (κ2) is 17.8. The number of hydrogen-bond acceptors (Lipinski definition) is 4. The summed E-state index contributed by atoms with van der Waals surface area (Å²) >= 11 is 0. The molecule has 0 fully saturated rings. The predicted octanol–water partition coefficient (Wildman–Crippen LogP) is 5.80. The molecule has 3 aromatic carbocycles. The Labute approximate surface area is 199 Å². The fraction of sp³-hybridized carbons (Fsp3) is 0.308. The average Bonchev–Trinajstić information content (AvgIpc) is 2.75. The molecule has 6 nitrogen and oxygen atoms in total. The highest BCUT2D eigenvalue weighted by Gasteiger charge is 2.02. The minimum absolute atomic E-state index is 0.780. The molecule has 0 atom stereocenters. The molecule has 2 N–H and O–H groups in total. The summed E-state index contributed by atoms with van der Waals surface area (Å²) < 4.78 is 36.7. The van der Waals surface area contributed by atoms with Crippen LogP contribution in [0.2, 0.25) is 0 Å². The number of anilines is 1. The number of likely N-dealkylation sites (N-methyl/N-ethyl adjacent to an activating group) is 1. The molecule has 0 radical (unpaired) electrons. The van der Waals surface area contributed by atoms with E-state index in [0.717, 1.165) is 19.7 Å². The van der Waals surface area contributed by atoms with Crippen molar-refractivity contribution in [2.45, 2.75) is 27.7 Å². The number of ether oxygens (including phenoxy) is 1. The van der Waals surface area contributed by atoms with Gasteiger partial charge in [0, 0.05) is 25.9 Å². The van der Waals surface area contributed by atoms with Crippen LogP contribution in [0.25, 0.3) is 0 Å². The van der Waals surface area contributed by atoms with Crippen molar-refractivity contribution in [2.75, 3.05) is 31.7 Å². The van der Waals surface area contributed by atoms with Crippen molar-refractivity contribution in [3.63, 3.8) is 0 Å². The molecule has 0 aliphatic rings. The third kappa shape index (κ3) is 19.7. The number of rotatable bonds is 5. The van der Waals surface area contributed by atoms with Gasteiger partial charge in [-0.05, 0) is 45.4 Å². The van der Waals surface area contributed by atoms with E-state index in [0.29, 0.717) is 0 Å². The number of hydrogen-bond donors (Lipinski definition) is 2. The molecule has 0 aromatic heterocycles. The zero-order valence-corrected chi connectivity index (χ0v) is 21.0. The number of nitrogens with zero attached hydrogens (tertiary/aromatic N) is 1. The third-order valence-electron chi connectivity index (χ3n) is 4.19. The van der Waals surface area contributed by atoms with Gasteiger partial charge in [-0.15, -0.1) is 0 Å². The van der Waals surface area contributed by atoms with E-state index < -0.39 is 10.4 Å². The fourth-order valence-electron chi connectivity index (χ4n) is 2.56. The van der Waals surface area contributed by atoms with Crippen molar-refractivity contribution in [1.29, 1.82) is 0 Å². The molecule has 3 rings (SSSR count). The Balaban J connectivity index is 0.000000454. The maximum absolute atomic E-state index is 8.74. The Morgan fingerprint density at radius 3 is 1.48 bits per heavy atom. The lowest BCUT2D eigenvalue weighted by molar-refractivity contribution is 0.205. The summed E-state index contributed by atoms with van der Waals surface area (Å²) in [7, 11) is -2.93. The van der Waals surface area contributed by atoms with Gasteiger partial charge < -0.3 is 9.64 Å². The Bertz CT molecular complexity index is 919. The van der Waals surface area contributed by atoms with Crippen molar-refractivity contribution in [1.82, 2.24) is 0 Å². The zero-order valence-electron chi connectivity index (χ0n) is 20.2. The second-order valence-corrected chi connectivity index (χ2v) is 8.06. The van der Waals surface area contributed by atoms with Crippen molar-refractivity contribution < 1.29 is 22.3 Å². The Kier molecular flexibility index (Phi) is 16.3. The van der Waals surface area contributed by atoms with Gasteiger partial charge in [-0.3, -0.25) is 9.11 Å². The van der Waals surface area contributed by atoms with E-state index in [9.17, 15) is 0 Å². The summed E-state index contributed by atoms with van der Waals surface area (Å²) in [4.78, 5) is 2.32. The van der Waals surface area contributed by atoms with Crippen LogP contribution in [0.3, 0.4) is 0 Å². The van der Waals surface area contributed by atoms with Crippen molar-refractivity contribution >= 4 is 16.1 Å². The molecule has 3 aromatic rings. The smallest absolute Gasteiger partial charge is 0.383 e. The molecule has 0 aliphatic heterocycles. The topological polar surface area (TPSA) is 87.1 Å². The van der Waals surface area contributed by atoms with Crippen LogP contribution in [0, 0.1) is 20.8 Å². The molecule has 0 amide bonds. The first-order chi connectivity index (χ1) is 15.6. The SMILES string of the molecule is CCN(CCOC)c1cccc(C)c1.Cc1ccccc1.Cc1ccccc1.O=S(=O)(O)O. The Hall–Kier alpha value is -2.71. The summed E-state index contributed by atoms with van der Waals surface area (Å²) in [5.41, 5.74) is 5.23. The quantitative estimate of drug-likeness (QED) is 0.453. The van der Waals surface area contributed by atoms with Crippen LogP contribution < -0.4 is 4.90 Å². The molecular formula is C26H37NO5S. The van der Waals surface area contributed by atoms with E-state index in [1.54, 1.807) is 7.11 Å². The van der Waals surface area contributed by atoms with Gasteiger partial charge in [-0.2, -0.15) is 8.42 Å². The van der Waals surface area contributed by atoms with Crippen LogP contribution in [-0.2, 0) is 15.1 Å². The molecule has 0 saturated carbocycles. The lowest BCUT2D eigenvalue weighted by atomic mass is 10.2. The molecule has 0 aliphatic carbocycles. The van der Waals surface area contributed by atoms with Crippen LogP contribution in [-0.4, -0.2) is 44.3 Å². The van der Waals surface area contributed by atoms with Crippen LogP contribution >= 0.6 is 0 Å². The van der Waals surface area contributed by atoms with Crippen LogP contribution in [0.5, 0.6) is 0 Å². The van der Waals surface area contributed by atoms with E-state index in [-0.39, 0.29) is 0 Å². The minimum atomic E-state index is -4.67. The summed E-state index contributed by atoms with van der Waals surface area (Å²) in [6, 6.07) is 29.1. The molecule has 0 unspecified atom stereocenters. The predicted molar refractivity (Wildman–Crippen MR) is 137 cm³/mol. The Morgan fingerprint density at radius 2 is 1.18 bits per heavy atom. The third-order valence-corrected chi connectivity index (χ3v) is 4.19. The Morgan fingerprint density at radius 1 is 0.758 bits per heavy atom. The van der Waals surface area contributed by atoms with Gasteiger partial charge in [0.05, 0.1) is 6.61 Å². The van der Waals surface area contributed by atoms with Crippen molar-refractivity contribution in [3.05, 3.63) is 102 Å².